The number of rotatable bonds is 6. The summed E-state index contributed by atoms with van der Waals surface area (Å²) in [7, 11) is 4.04. The first-order valence-electron chi connectivity index (χ1n) is 13.8. The molecule has 0 N–H and O–H groups in total. The van der Waals surface area contributed by atoms with Crippen molar-refractivity contribution >= 4 is 17.2 Å². The second-order valence-corrected chi connectivity index (χ2v) is 11.0. The maximum Gasteiger partial charge on any atom is 0.144 e. The number of hydrogen-bond donors (Lipinski definition) is 0. The van der Waals surface area contributed by atoms with Crippen LogP contribution in [-0.2, 0) is 25.9 Å². The summed E-state index contributed by atoms with van der Waals surface area (Å²) < 4.78 is 19.8. The molecule has 0 aliphatic carbocycles. The maximum atomic E-state index is 13.6. The molecule has 0 radical (unpaired) electrons. The molecule has 6 rings (SSSR count). The second kappa shape index (κ2) is 10.8. The molecule has 0 unspecified atom stereocenters. The van der Waals surface area contributed by atoms with E-state index in [1.54, 1.807) is 0 Å². The van der Waals surface area contributed by atoms with E-state index in [9.17, 15) is 4.39 Å². The number of halogens is 1. The van der Waals surface area contributed by atoms with Crippen LogP contribution in [0.25, 0.3) is 11.1 Å². The van der Waals surface area contributed by atoms with Crippen LogP contribution in [-0.4, -0.2) is 47.8 Å². The van der Waals surface area contributed by atoms with E-state index in [2.05, 4.69) is 53.1 Å². The van der Waals surface area contributed by atoms with E-state index in [1.165, 1.54) is 17.7 Å². The molecular weight excluding hydrogens is 501 g/mol. The molecule has 0 spiro atoms. The fraction of sp³-hybridized carbons (Fsp3) is 0.303. The molecule has 1 aromatic heterocycles. The van der Waals surface area contributed by atoms with Crippen molar-refractivity contribution < 1.29 is 9.13 Å². The summed E-state index contributed by atoms with van der Waals surface area (Å²) in [5.41, 5.74) is 9.95. The van der Waals surface area contributed by atoms with Crippen molar-refractivity contribution in [1.29, 1.82) is 0 Å². The first kappa shape index (κ1) is 26.1. The van der Waals surface area contributed by atoms with Crippen LogP contribution in [0, 0.1) is 12.7 Å². The van der Waals surface area contributed by atoms with Gasteiger partial charge in [0.1, 0.15) is 29.8 Å². The van der Waals surface area contributed by atoms with Gasteiger partial charge in [0.25, 0.3) is 0 Å². The van der Waals surface area contributed by atoms with Gasteiger partial charge in [-0.05, 0) is 80.5 Å². The number of benzene rings is 3. The van der Waals surface area contributed by atoms with Crippen LogP contribution in [0.2, 0.25) is 0 Å². The van der Waals surface area contributed by atoms with Crippen molar-refractivity contribution in [3.63, 3.8) is 0 Å². The van der Waals surface area contributed by atoms with Crippen LogP contribution in [0.15, 0.2) is 65.7 Å². The van der Waals surface area contributed by atoms with Crippen molar-refractivity contribution in [2.24, 2.45) is 4.99 Å². The SMILES string of the molecule is CC1=Nc2cc(-c3ccc4c(c3)CN(c3nc(CN(C)C)nc(C)c3Cc3ccc(F)cc3)CCO4)ccc2C1. The molecular formula is C33H34FN5O. The van der Waals surface area contributed by atoms with Crippen LogP contribution in [0.4, 0.5) is 15.9 Å². The smallest absolute Gasteiger partial charge is 0.144 e. The number of anilines is 1. The summed E-state index contributed by atoms with van der Waals surface area (Å²) >= 11 is 0. The maximum absolute atomic E-state index is 13.6. The summed E-state index contributed by atoms with van der Waals surface area (Å²) in [4.78, 5) is 19.0. The Kier molecular flexibility index (Phi) is 7.07. The topological polar surface area (TPSA) is 53.9 Å². The fourth-order valence-electron chi connectivity index (χ4n) is 5.54. The van der Waals surface area contributed by atoms with E-state index in [4.69, 9.17) is 19.7 Å². The molecule has 2 aliphatic rings. The van der Waals surface area contributed by atoms with Crippen LogP contribution in [0.1, 0.15) is 40.7 Å². The lowest BCUT2D eigenvalue weighted by Gasteiger charge is -2.26. The van der Waals surface area contributed by atoms with Gasteiger partial charge in [-0.25, -0.2) is 14.4 Å². The highest BCUT2D eigenvalue weighted by Gasteiger charge is 2.23. The van der Waals surface area contributed by atoms with E-state index >= 15 is 0 Å². The number of aromatic nitrogens is 2. The average Bonchev–Trinajstić information content (AvgIpc) is 3.16. The van der Waals surface area contributed by atoms with Crippen molar-refractivity contribution in [3.05, 3.63) is 100 Å². The lowest BCUT2D eigenvalue weighted by Crippen LogP contribution is -2.29. The van der Waals surface area contributed by atoms with Crippen molar-refractivity contribution in [2.75, 3.05) is 32.1 Å². The standard InChI is InChI=1S/C33H34FN5O/c1-21-15-26-8-7-25(18-30(26)35-21)24-9-12-31-27(17-24)19-39(13-14-40-31)33-29(16-23-5-10-28(34)11-6-23)22(2)36-32(37-33)20-38(3)4/h5-12,17-18H,13-16,19-20H2,1-4H3. The predicted octanol–water partition coefficient (Wildman–Crippen LogP) is 6.29. The van der Waals surface area contributed by atoms with Gasteiger partial charge in [-0.15, -0.1) is 0 Å². The first-order valence-corrected chi connectivity index (χ1v) is 13.8. The van der Waals surface area contributed by atoms with Gasteiger partial charge in [-0.1, -0.05) is 30.3 Å². The number of aryl methyl sites for hydroxylation is 1. The van der Waals surface area contributed by atoms with Crippen LogP contribution >= 0.6 is 0 Å². The molecule has 0 amide bonds. The number of fused-ring (bicyclic) bond motifs is 2. The third kappa shape index (κ3) is 5.47. The van der Waals surface area contributed by atoms with Gasteiger partial charge in [-0.3, -0.25) is 4.99 Å². The van der Waals surface area contributed by atoms with E-state index in [-0.39, 0.29) is 5.82 Å². The Bertz CT molecular complexity index is 1600. The number of aliphatic imine (C=N–C) groups is 1. The molecule has 0 fully saturated rings. The second-order valence-electron chi connectivity index (χ2n) is 11.0. The minimum Gasteiger partial charge on any atom is -0.491 e. The van der Waals surface area contributed by atoms with E-state index in [1.807, 2.05) is 33.2 Å². The molecule has 3 aromatic carbocycles. The zero-order valence-electron chi connectivity index (χ0n) is 23.5. The van der Waals surface area contributed by atoms with Crippen molar-refractivity contribution in [2.45, 2.75) is 39.8 Å². The van der Waals surface area contributed by atoms with Gasteiger partial charge < -0.3 is 14.5 Å². The molecule has 6 nitrogen and oxygen atoms in total. The lowest BCUT2D eigenvalue weighted by atomic mass is 9.99. The molecule has 7 heteroatoms. The third-order valence-corrected chi connectivity index (χ3v) is 7.51. The summed E-state index contributed by atoms with van der Waals surface area (Å²) in [6.45, 7) is 6.70. The zero-order chi connectivity index (χ0) is 27.8. The highest BCUT2D eigenvalue weighted by atomic mass is 19.1. The normalized spacial score (nSPS) is 14.4. The van der Waals surface area contributed by atoms with Gasteiger partial charge in [0.05, 0.1) is 18.8 Å². The molecule has 0 bridgehead atoms. The minimum atomic E-state index is -0.235. The number of ether oxygens (including phenoxy) is 1. The van der Waals surface area contributed by atoms with Gasteiger partial charge in [0.15, 0.2) is 0 Å². The van der Waals surface area contributed by atoms with E-state index in [0.29, 0.717) is 32.7 Å². The van der Waals surface area contributed by atoms with Crippen molar-refractivity contribution in [3.8, 4) is 16.9 Å². The Morgan fingerprint density at radius 2 is 1.70 bits per heavy atom. The van der Waals surface area contributed by atoms with Crippen LogP contribution < -0.4 is 9.64 Å². The average molecular weight is 536 g/mol. The highest BCUT2D eigenvalue weighted by Crippen LogP contribution is 2.36. The van der Waals surface area contributed by atoms with Crippen LogP contribution in [0.5, 0.6) is 5.75 Å². The zero-order valence-corrected chi connectivity index (χ0v) is 23.5. The van der Waals surface area contributed by atoms with Gasteiger partial charge >= 0.3 is 0 Å². The highest BCUT2D eigenvalue weighted by molar-refractivity contribution is 5.93. The molecule has 4 aromatic rings. The predicted molar refractivity (Wildman–Crippen MR) is 158 cm³/mol. The Balaban J connectivity index is 1.37. The lowest BCUT2D eigenvalue weighted by molar-refractivity contribution is 0.331. The van der Waals surface area contributed by atoms with E-state index < -0.39 is 0 Å². The Morgan fingerprint density at radius 3 is 2.50 bits per heavy atom. The Morgan fingerprint density at radius 1 is 0.925 bits per heavy atom. The monoisotopic (exact) mass is 535 g/mol. The summed E-state index contributed by atoms with van der Waals surface area (Å²) in [6.07, 6.45) is 1.56. The first-order chi connectivity index (χ1) is 19.3. The molecule has 0 saturated heterocycles. The molecule has 2 aliphatic heterocycles. The molecule has 0 atom stereocenters. The minimum absolute atomic E-state index is 0.235. The quantitative estimate of drug-likeness (QED) is 0.290. The molecule has 40 heavy (non-hydrogen) atoms. The molecule has 0 saturated carbocycles. The van der Waals surface area contributed by atoms with Crippen molar-refractivity contribution in [1.82, 2.24) is 14.9 Å². The molecule has 204 valence electrons. The largest absolute Gasteiger partial charge is 0.491 e. The summed E-state index contributed by atoms with van der Waals surface area (Å²) in [6, 6.07) is 19.7. The summed E-state index contributed by atoms with van der Waals surface area (Å²) in [5, 5.41) is 0. The van der Waals surface area contributed by atoms with Gasteiger partial charge in [-0.2, -0.15) is 0 Å². The summed E-state index contributed by atoms with van der Waals surface area (Å²) in [5.74, 6) is 2.37. The van der Waals surface area contributed by atoms with Gasteiger partial charge in [0, 0.05) is 41.9 Å². The third-order valence-electron chi connectivity index (χ3n) is 7.51. The fourth-order valence-corrected chi connectivity index (χ4v) is 5.54. The Labute approximate surface area is 235 Å². The van der Waals surface area contributed by atoms with Gasteiger partial charge in [0.2, 0.25) is 0 Å². The molecule has 3 heterocycles. The number of hydrogen-bond acceptors (Lipinski definition) is 6. The van der Waals surface area contributed by atoms with Crippen LogP contribution in [0.3, 0.4) is 0 Å². The van der Waals surface area contributed by atoms with E-state index in [0.717, 1.165) is 68.7 Å². The number of nitrogens with zero attached hydrogens (tertiary/aromatic N) is 5. The Hall–Kier alpha value is -4.10.